The van der Waals surface area contributed by atoms with Crippen LogP contribution >= 0.6 is 0 Å². The Morgan fingerprint density at radius 1 is 1.78 bits per heavy atom. The fourth-order valence-electron chi connectivity index (χ4n) is 0.338. The maximum atomic E-state index is 9.83. The van der Waals surface area contributed by atoms with Gasteiger partial charge in [-0.1, -0.05) is 0 Å². The highest BCUT2D eigenvalue weighted by molar-refractivity contribution is 5.68. The zero-order chi connectivity index (χ0) is 7.28. The number of carboxylic acid groups (broad SMARTS) is 1. The number of nitrogens with two attached hydrogens (primary N) is 1. The van der Waals surface area contributed by atoms with Gasteiger partial charge in [-0.25, -0.2) is 0 Å². The summed E-state index contributed by atoms with van der Waals surface area (Å²) in [6.07, 6.45) is 1.58. The Morgan fingerprint density at radius 2 is 2.33 bits per heavy atom. The minimum absolute atomic E-state index is 0.0730. The maximum absolute atomic E-state index is 9.83. The van der Waals surface area contributed by atoms with Gasteiger partial charge in [-0.05, 0) is 6.42 Å². The van der Waals surface area contributed by atoms with E-state index in [1.54, 1.807) is 0 Å². The Morgan fingerprint density at radius 3 is 2.67 bits per heavy atom. The first-order valence-corrected chi connectivity index (χ1v) is 2.52. The fourth-order valence-corrected chi connectivity index (χ4v) is 0.338. The van der Waals surface area contributed by atoms with Gasteiger partial charge in [0, 0.05) is 6.42 Å². The van der Waals surface area contributed by atoms with Crippen molar-refractivity contribution in [2.45, 2.75) is 18.9 Å². The second kappa shape index (κ2) is 4.03. The molecule has 0 bridgehead atoms. The molecule has 3 N–H and O–H groups in total. The Labute approximate surface area is 52.7 Å². The van der Waals surface area contributed by atoms with Crippen LogP contribution in [-0.2, 0) is 9.59 Å². The van der Waals surface area contributed by atoms with Gasteiger partial charge in [0.2, 0.25) is 6.29 Å². The summed E-state index contributed by atoms with van der Waals surface area (Å²) >= 11 is 0. The molecule has 0 fully saturated rings. The number of carbonyl (C=O) groups excluding carboxylic acids is 1. The molecule has 0 heterocycles. The molecule has 0 amide bonds. The van der Waals surface area contributed by atoms with E-state index in [9.17, 15) is 9.59 Å². The van der Waals surface area contributed by atoms with Crippen molar-refractivity contribution in [3.63, 3.8) is 0 Å². The molecular formula is C5H8NO3. The molecule has 1 radical (unpaired) electrons. The molecule has 51 valence electrons. The minimum atomic E-state index is -0.944. The van der Waals surface area contributed by atoms with Crippen LogP contribution in [0.1, 0.15) is 12.8 Å². The number of rotatable bonds is 4. The fraction of sp³-hybridized carbons (Fsp3) is 0.600. The van der Waals surface area contributed by atoms with E-state index in [0.717, 1.165) is 0 Å². The largest absolute Gasteiger partial charge is 0.481 e. The molecule has 0 aromatic carbocycles. The van der Waals surface area contributed by atoms with Crippen LogP contribution in [0.25, 0.3) is 0 Å². The van der Waals surface area contributed by atoms with Crippen LogP contribution in [0.15, 0.2) is 0 Å². The standard InChI is InChI=1S/C5H8NO3/c6-4(3-7)1-2-5(8)9/h4H,1-2,6H2,(H,8,9). The van der Waals surface area contributed by atoms with Gasteiger partial charge in [0.05, 0.1) is 6.04 Å². The molecule has 0 aliphatic rings. The number of hydrogen-bond acceptors (Lipinski definition) is 3. The van der Waals surface area contributed by atoms with Gasteiger partial charge < -0.3 is 10.8 Å². The first kappa shape index (κ1) is 8.10. The van der Waals surface area contributed by atoms with Gasteiger partial charge in [-0.2, -0.15) is 0 Å². The zero-order valence-corrected chi connectivity index (χ0v) is 4.83. The Balaban J connectivity index is 3.26. The topological polar surface area (TPSA) is 80.4 Å². The lowest BCUT2D eigenvalue weighted by atomic mass is 10.2. The average molecular weight is 130 g/mol. The van der Waals surface area contributed by atoms with Crippen molar-refractivity contribution in [1.29, 1.82) is 0 Å². The van der Waals surface area contributed by atoms with Crippen LogP contribution in [0.5, 0.6) is 0 Å². The molecule has 0 aliphatic heterocycles. The Hall–Kier alpha value is -0.900. The molecule has 1 unspecified atom stereocenters. The zero-order valence-electron chi connectivity index (χ0n) is 4.83. The molecule has 0 aromatic rings. The monoisotopic (exact) mass is 130 g/mol. The van der Waals surface area contributed by atoms with E-state index in [0.29, 0.717) is 0 Å². The van der Waals surface area contributed by atoms with E-state index in [2.05, 4.69) is 0 Å². The molecule has 0 spiro atoms. The summed E-state index contributed by atoms with van der Waals surface area (Å²) in [6, 6.07) is -0.749. The smallest absolute Gasteiger partial charge is 0.303 e. The first-order valence-electron chi connectivity index (χ1n) is 2.52. The van der Waals surface area contributed by atoms with Crippen LogP contribution in [0.3, 0.4) is 0 Å². The maximum Gasteiger partial charge on any atom is 0.303 e. The van der Waals surface area contributed by atoms with Gasteiger partial charge in [0.25, 0.3) is 0 Å². The first-order chi connectivity index (χ1) is 4.16. The van der Waals surface area contributed by atoms with Crippen molar-refractivity contribution in [2.24, 2.45) is 5.73 Å². The van der Waals surface area contributed by atoms with Crippen LogP contribution in [0.4, 0.5) is 0 Å². The van der Waals surface area contributed by atoms with E-state index in [1.807, 2.05) is 0 Å². The van der Waals surface area contributed by atoms with E-state index in [-0.39, 0.29) is 12.8 Å². The number of carbonyl (C=O) groups is 1. The van der Waals surface area contributed by atoms with Gasteiger partial charge in [-0.3, -0.25) is 9.59 Å². The Bertz CT molecular complexity index is 113. The van der Waals surface area contributed by atoms with Crippen molar-refractivity contribution in [1.82, 2.24) is 0 Å². The summed E-state index contributed by atoms with van der Waals surface area (Å²) < 4.78 is 0. The van der Waals surface area contributed by atoms with Crippen molar-refractivity contribution in [2.75, 3.05) is 0 Å². The highest BCUT2D eigenvalue weighted by Gasteiger charge is 2.03. The molecule has 4 heteroatoms. The summed E-state index contributed by atoms with van der Waals surface area (Å²) in [4.78, 5) is 19.5. The van der Waals surface area contributed by atoms with E-state index >= 15 is 0 Å². The normalized spacial score (nSPS) is 12.6. The number of hydrogen-bond donors (Lipinski definition) is 2. The van der Waals surface area contributed by atoms with Crippen LogP contribution in [0.2, 0.25) is 0 Å². The summed E-state index contributed by atoms with van der Waals surface area (Å²) in [7, 11) is 0. The van der Waals surface area contributed by atoms with Gasteiger partial charge in [0.15, 0.2) is 0 Å². The lowest BCUT2D eigenvalue weighted by Gasteiger charge is -1.96. The van der Waals surface area contributed by atoms with E-state index in [4.69, 9.17) is 10.8 Å². The quantitative estimate of drug-likeness (QED) is 0.526. The number of aliphatic carboxylic acids is 1. The molecular weight excluding hydrogens is 122 g/mol. The Kier molecular flexibility index (Phi) is 3.62. The summed E-state index contributed by atoms with van der Waals surface area (Å²) in [5.41, 5.74) is 5.03. The molecule has 0 rings (SSSR count). The third kappa shape index (κ3) is 4.96. The summed E-state index contributed by atoms with van der Waals surface area (Å²) in [5.74, 6) is -0.944. The third-order valence-electron chi connectivity index (χ3n) is 0.821. The molecule has 0 aliphatic carbocycles. The van der Waals surface area contributed by atoms with Crippen LogP contribution in [-0.4, -0.2) is 23.4 Å². The van der Waals surface area contributed by atoms with E-state index < -0.39 is 12.0 Å². The van der Waals surface area contributed by atoms with Crippen LogP contribution in [0, 0.1) is 0 Å². The average Bonchev–Trinajstić information content (AvgIpc) is 1.83. The van der Waals surface area contributed by atoms with Crippen molar-refractivity contribution in [3.05, 3.63) is 0 Å². The predicted molar refractivity (Wildman–Crippen MR) is 30.5 cm³/mol. The summed E-state index contributed by atoms with van der Waals surface area (Å²) in [6.45, 7) is 0. The lowest BCUT2D eigenvalue weighted by Crippen LogP contribution is -2.22. The third-order valence-corrected chi connectivity index (χ3v) is 0.821. The van der Waals surface area contributed by atoms with Crippen molar-refractivity contribution in [3.8, 4) is 0 Å². The van der Waals surface area contributed by atoms with Gasteiger partial charge in [0.1, 0.15) is 0 Å². The highest BCUT2D eigenvalue weighted by atomic mass is 16.4. The van der Waals surface area contributed by atoms with Crippen molar-refractivity contribution < 1.29 is 14.7 Å². The predicted octanol–water partition coefficient (Wildman–Crippen LogP) is -0.712. The summed E-state index contributed by atoms with van der Waals surface area (Å²) in [5, 5.41) is 8.07. The SMILES string of the molecule is NC([C]=O)CCC(=O)O. The van der Waals surface area contributed by atoms with E-state index in [1.165, 1.54) is 6.29 Å². The second-order valence-electron chi connectivity index (χ2n) is 1.66. The lowest BCUT2D eigenvalue weighted by molar-refractivity contribution is -0.137. The minimum Gasteiger partial charge on any atom is -0.481 e. The molecule has 0 saturated carbocycles. The highest BCUT2D eigenvalue weighted by Crippen LogP contribution is 1.90. The number of carboxylic acids is 1. The molecule has 1 atom stereocenters. The van der Waals surface area contributed by atoms with Gasteiger partial charge in [-0.15, -0.1) is 0 Å². The molecule has 0 aromatic heterocycles. The molecule has 4 nitrogen and oxygen atoms in total. The van der Waals surface area contributed by atoms with Crippen LogP contribution < -0.4 is 5.73 Å². The van der Waals surface area contributed by atoms with Gasteiger partial charge >= 0.3 is 5.97 Å². The second-order valence-corrected chi connectivity index (χ2v) is 1.66. The van der Waals surface area contributed by atoms with Crippen molar-refractivity contribution >= 4 is 12.3 Å². The molecule has 9 heavy (non-hydrogen) atoms. The molecule has 0 saturated heterocycles.